The van der Waals surface area contributed by atoms with Gasteiger partial charge in [-0.25, -0.2) is 10.4 Å². The van der Waals surface area contributed by atoms with Crippen LogP contribution in [0.4, 0.5) is 0 Å². The van der Waals surface area contributed by atoms with Gasteiger partial charge in [-0.2, -0.15) is 0 Å². The first-order valence-corrected chi connectivity index (χ1v) is 6.44. The van der Waals surface area contributed by atoms with Crippen LogP contribution in [0.3, 0.4) is 0 Å². The van der Waals surface area contributed by atoms with Crippen LogP contribution in [-0.4, -0.2) is 16.2 Å². The average Bonchev–Trinajstić information content (AvgIpc) is 2.86. The molecule has 3 rings (SSSR count). The van der Waals surface area contributed by atoms with Gasteiger partial charge >= 0.3 is 0 Å². The molecule has 0 saturated heterocycles. The quantitative estimate of drug-likeness (QED) is 0.642. The van der Waals surface area contributed by atoms with E-state index in [-0.39, 0.29) is 12.1 Å². The molecule has 1 aromatic carbocycles. The molecular formula is C14H18N4O. The number of nitrogens with one attached hydrogen (secondary N) is 1. The summed E-state index contributed by atoms with van der Waals surface area (Å²) in [7, 11) is 1.96. The molecule has 2 atom stereocenters. The SMILES string of the molecule is Cn1ccnc1C(NN)C1OCCc2ccccc21. The highest BCUT2D eigenvalue weighted by Crippen LogP contribution is 2.35. The molecule has 0 spiro atoms. The van der Waals surface area contributed by atoms with Crippen LogP contribution in [-0.2, 0) is 18.2 Å². The molecule has 2 heterocycles. The van der Waals surface area contributed by atoms with Crippen LogP contribution in [0, 0.1) is 0 Å². The lowest BCUT2D eigenvalue weighted by atomic mass is 9.93. The van der Waals surface area contributed by atoms with Crippen molar-refractivity contribution in [2.24, 2.45) is 12.9 Å². The largest absolute Gasteiger partial charge is 0.371 e. The number of aromatic nitrogens is 2. The summed E-state index contributed by atoms with van der Waals surface area (Å²) < 4.78 is 7.90. The fraction of sp³-hybridized carbons (Fsp3) is 0.357. The van der Waals surface area contributed by atoms with Crippen LogP contribution < -0.4 is 11.3 Å². The van der Waals surface area contributed by atoms with E-state index in [9.17, 15) is 0 Å². The van der Waals surface area contributed by atoms with Crippen molar-refractivity contribution in [3.63, 3.8) is 0 Å². The topological polar surface area (TPSA) is 65.1 Å². The van der Waals surface area contributed by atoms with E-state index in [1.54, 1.807) is 6.20 Å². The number of hydrogen-bond donors (Lipinski definition) is 2. The van der Waals surface area contributed by atoms with Crippen LogP contribution in [0.1, 0.15) is 29.1 Å². The van der Waals surface area contributed by atoms with Crippen molar-refractivity contribution in [3.05, 3.63) is 53.6 Å². The number of hydrogen-bond acceptors (Lipinski definition) is 4. The Hall–Kier alpha value is -1.69. The second-order valence-corrected chi connectivity index (χ2v) is 4.78. The van der Waals surface area contributed by atoms with Crippen molar-refractivity contribution in [3.8, 4) is 0 Å². The molecule has 0 radical (unpaired) electrons. The van der Waals surface area contributed by atoms with E-state index in [0.717, 1.165) is 12.2 Å². The Morgan fingerprint density at radius 3 is 3.05 bits per heavy atom. The zero-order valence-electron chi connectivity index (χ0n) is 10.9. The standard InChI is InChI=1S/C14H18N4O/c1-18-8-7-16-14(18)12(17-15)13-11-5-3-2-4-10(11)6-9-19-13/h2-5,7-8,12-13,17H,6,9,15H2,1H3. The average molecular weight is 258 g/mol. The molecule has 3 N–H and O–H groups in total. The number of imidazole rings is 1. The minimum Gasteiger partial charge on any atom is -0.371 e. The van der Waals surface area contributed by atoms with Gasteiger partial charge in [0.25, 0.3) is 0 Å². The molecule has 0 fully saturated rings. The predicted octanol–water partition coefficient (Wildman–Crippen LogP) is 1.24. The van der Waals surface area contributed by atoms with Crippen molar-refractivity contribution in [1.29, 1.82) is 0 Å². The summed E-state index contributed by atoms with van der Waals surface area (Å²) >= 11 is 0. The summed E-state index contributed by atoms with van der Waals surface area (Å²) in [6.07, 6.45) is 4.53. The monoisotopic (exact) mass is 258 g/mol. The van der Waals surface area contributed by atoms with Gasteiger partial charge in [0.2, 0.25) is 0 Å². The smallest absolute Gasteiger partial charge is 0.129 e. The van der Waals surface area contributed by atoms with Crippen molar-refractivity contribution in [1.82, 2.24) is 15.0 Å². The highest BCUT2D eigenvalue weighted by molar-refractivity contribution is 5.32. The summed E-state index contributed by atoms with van der Waals surface area (Å²) in [5.74, 6) is 6.62. The fourth-order valence-corrected chi connectivity index (χ4v) is 2.67. The van der Waals surface area contributed by atoms with Gasteiger partial charge in [0.15, 0.2) is 0 Å². The maximum atomic E-state index is 5.94. The Kier molecular flexibility index (Phi) is 3.33. The van der Waals surface area contributed by atoms with Gasteiger partial charge in [-0.05, 0) is 17.5 Å². The van der Waals surface area contributed by atoms with Gasteiger partial charge < -0.3 is 9.30 Å². The molecule has 5 nitrogen and oxygen atoms in total. The van der Waals surface area contributed by atoms with Crippen LogP contribution in [0.25, 0.3) is 0 Å². The van der Waals surface area contributed by atoms with Crippen molar-refractivity contribution < 1.29 is 4.74 Å². The Labute approximate surface area is 112 Å². The maximum absolute atomic E-state index is 5.94. The molecule has 0 bridgehead atoms. The normalized spacial score (nSPS) is 20.0. The lowest BCUT2D eigenvalue weighted by Crippen LogP contribution is -2.37. The second kappa shape index (κ2) is 5.13. The maximum Gasteiger partial charge on any atom is 0.129 e. The van der Waals surface area contributed by atoms with E-state index in [0.29, 0.717) is 6.61 Å². The first-order valence-electron chi connectivity index (χ1n) is 6.44. The van der Waals surface area contributed by atoms with Gasteiger partial charge in [0.05, 0.1) is 6.61 Å². The van der Waals surface area contributed by atoms with Gasteiger partial charge in [-0.3, -0.25) is 5.84 Å². The third-order valence-electron chi connectivity index (χ3n) is 3.65. The number of hydrazine groups is 1. The van der Waals surface area contributed by atoms with Gasteiger partial charge in [-0.15, -0.1) is 0 Å². The van der Waals surface area contributed by atoms with Crippen molar-refractivity contribution in [2.75, 3.05) is 6.61 Å². The van der Waals surface area contributed by atoms with Crippen molar-refractivity contribution in [2.45, 2.75) is 18.6 Å². The highest BCUT2D eigenvalue weighted by atomic mass is 16.5. The summed E-state index contributed by atoms with van der Waals surface area (Å²) in [5, 5.41) is 0. The van der Waals surface area contributed by atoms with E-state index in [1.165, 1.54) is 11.1 Å². The van der Waals surface area contributed by atoms with Crippen LogP contribution in [0.2, 0.25) is 0 Å². The van der Waals surface area contributed by atoms with Gasteiger partial charge in [-0.1, -0.05) is 24.3 Å². The van der Waals surface area contributed by atoms with Gasteiger partial charge in [0, 0.05) is 19.4 Å². The fourth-order valence-electron chi connectivity index (χ4n) is 2.67. The number of nitrogens with two attached hydrogens (primary N) is 1. The summed E-state index contributed by atoms with van der Waals surface area (Å²) in [6.45, 7) is 0.713. The third kappa shape index (κ3) is 2.16. The molecule has 100 valence electrons. The minimum absolute atomic E-state index is 0.101. The summed E-state index contributed by atoms with van der Waals surface area (Å²) in [6, 6.07) is 8.20. The first kappa shape index (κ1) is 12.3. The Morgan fingerprint density at radius 1 is 1.47 bits per heavy atom. The molecular weight excluding hydrogens is 240 g/mol. The highest BCUT2D eigenvalue weighted by Gasteiger charge is 2.31. The molecule has 0 saturated carbocycles. The number of ether oxygens (including phenoxy) is 1. The summed E-state index contributed by atoms with van der Waals surface area (Å²) in [4.78, 5) is 4.38. The van der Waals surface area contributed by atoms with Gasteiger partial charge in [0.1, 0.15) is 18.0 Å². The number of fused-ring (bicyclic) bond motifs is 1. The number of benzene rings is 1. The van der Waals surface area contributed by atoms with Crippen LogP contribution >= 0.6 is 0 Å². The van der Waals surface area contributed by atoms with Crippen LogP contribution in [0.15, 0.2) is 36.7 Å². The second-order valence-electron chi connectivity index (χ2n) is 4.78. The first-order chi connectivity index (χ1) is 9.31. The van der Waals surface area contributed by atoms with E-state index in [2.05, 4.69) is 28.6 Å². The lowest BCUT2D eigenvalue weighted by Gasteiger charge is -2.31. The Balaban J connectivity index is 2.00. The predicted molar refractivity (Wildman–Crippen MR) is 72.1 cm³/mol. The van der Waals surface area contributed by atoms with E-state index in [1.807, 2.05) is 23.9 Å². The van der Waals surface area contributed by atoms with E-state index < -0.39 is 0 Å². The van der Waals surface area contributed by atoms with E-state index >= 15 is 0 Å². The van der Waals surface area contributed by atoms with E-state index in [4.69, 9.17) is 10.6 Å². The Bertz CT molecular complexity index is 566. The summed E-state index contributed by atoms with van der Waals surface area (Å²) in [5.41, 5.74) is 5.37. The molecule has 1 aliphatic rings. The van der Waals surface area contributed by atoms with Crippen LogP contribution in [0.5, 0.6) is 0 Å². The molecule has 2 aromatic rings. The molecule has 1 aliphatic heterocycles. The molecule has 5 heteroatoms. The molecule has 0 amide bonds. The lowest BCUT2D eigenvalue weighted by molar-refractivity contribution is 0.0120. The number of rotatable bonds is 3. The minimum atomic E-state index is -0.151. The Morgan fingerprint density at radius 2 is 2.32 bits per heavy atom. The molecule has 2 unspecified atom stereocenters. The molecule has 19 heavy (non-hydrogen) atoms. The zero-order chi connectivity index (χ0) is 13.2. The third-order valence-corrected chi connectivity index (χ3v) is 3.65. The number of nitrogens with zero attached hydrogens (tertiary/aromatic N) is 2. The molecule has 1 aromatic heterocycles. The zero-order valence-corrected chi connectivity index (χ0v) is 10.9. The van der Waals surface area contributed by atoms with Crippen molar-refractivity contribution >= 4 is 0 Å². The number of aryl methyl sites for hydroxylation is 1. The molecule has 0 aliphatic carbocycles.